The standard InChI is InChI=1S/2C3H6O.2C3H5.O.Ti/c2*1-3(2)4;2*1-3-2;;/h2*4H,1H2,2H3;2*1H2,2H3;;/q;;2*-1;;+2. The van der Waals surface area contributed by atoms with Gasteiger partial charge in [-0.1, -0.05) is 13.2 Å². The second-order valence-corrected chi connectivity index (χ2v) is 2.18. The minimum atomic E-state index is 0.167. The molecular formula is C12H22O3Ti. The normalized spacial score (nSPS) is 5.12. The van der Waals surface area contributed by atoms with Gasteiger partial charge in [0.2, 0.25) is 0 Å². The van der Waals surface area contributed by atoms with E-state index in [4.69, 9.17) is 13.5 Å². The molecule has 2 N–H and O–H groups in total. The van der Waals surface area contributed by atoms with Crippen molar-refractivity contribution >= 4 is 0 Å². The zero-order valence-corrected chi connectivity index (χ0v) is 12.2. The third kappa shape index (κ3) is 2220. The Kier molecular flexibility index (Phi) is 88.4. The van der Waals surface area contributed by atoms with Crippen LogP contribution in [0.25, 0.3) is 0 Å². The van der Waals surface area contributed by atoms with E-state index in [9.17, 15) is 0 Å². The minimum absolute atomic E-state index is 0.167. The second-order valence-electron chi connectivity index (χ2n) is 2.18. The van der Waals surface area contributed by atoms with Crippen LogP contribution in [0, 0.1) is 12.2 Å². The van der Waals surface area contributed by atoms with Crippen LogP contribution in [0.3, 0.4) is 0 Å². The first-order chi connectivity index (χ1) is 7.29. The van der Waals surface area contributed by atoms with Gasteiger partial charge in [-0.3, -0.25) is 13.2 Å². The Labute approximate surface area is 112 Å². The van der Waals surface area contributed by atoms with Crippen molar-refractivity contribution in [3.8, 4) is 0 Å². The fraction of sp³-hybridized carbons (Fsp3) is 0.333. The zero-order chi connectivity index (χ0) is 14.6. The first kappa shape index (κ1) is 29.4. The first-order valence-electron chi connectivity index (χ1n) is 4.07. The molecular weight excluding hydrogens is 240 g/mol. The van der Waals surface area contributed by atoms with Gasteiger partial charge in [0.15, 0.2) is 0 Å². The van der Waals surface area contributed by atoms with Gasteiger partial charge in [0, 0.05) is 0 Å². The summed E-state index contributed by atoms with van der Waals surface area (Å²) in [7, 11) is 0. The number of aliphatic hydroxyl groups is 2. The molecule has 0 rings (SSSR count). The molecule has 0 aliphatic heterocycles. The Morgan fingerprint density at radius 2 is 0.938 bits per heavy atom. The van der Waals surface area contributed by atoms with Crippen LogP contribution in [-0.2, 0) is 23.7 Å². The predicted octanol–water partition coefficient (Wildman–Crippen LogP) is 4.03. The van der Waals surface area contributed by atoms with Crippen LogP contribution in [0.2, 0.25) is 0 Å². The molecule has 0 spiro atoms. The molecule has 0 aromatic heterocycles. The van der Waals surface area contributed by atoms with Gasteiger partial charge in [0.25, 0.3) is 0 Å². The molecule has 0 aromatic rings. The maximum absolute atomic E-state index is 8.25. The van der Waals surface area contributed by atoms with Crippen LogP contribution in [0.1, 0.15) is 27.7 Å². The fourth-order valence-corrected chi connectivity index (χ4v) is 0. The van der Waals surface area contributed by atoms with Gasteiger partial charge < -0.3 is 22.4 Å². The van der Waals surface area contributed by atoms with Gasteiger partial charge in [0.05, 0.1) is 11.5 Å². The summed E-state index contributed by atoms with van der Waals surface area (Å²) in [6, 6.07) is 0. The molecule has 0 saturated carbocycles. The summed E-state index contributed by atoms with van der Waals surface area (Å²) in [5, 5.41) is 15.7. The van der Waals surface area contributed by atoms with Crippen LogP contribution in [0.5, 0.6) is 0 Å². The molecule has 0 atom stereocenters. The average Bonchev–Trinajstić information content (AvgIpc) is 2.07. The first-order valence-corrected chi connectivity index (χ1v) is 4.70. The van der Waals surface area contributed by atoms with E-state index in [1.54, 1.807) is 13.8 Å². The van der Waals surface area contributed by atoms with Crippen molar-refractivity contribution in [2.24, 2.45) is 0 Å². The van der Waals surface area contributed by atoms with Crippen molar-refractivity contribution in [1.82, 2.24) is 0 Å². The fourth-order valence-electron chi connectivity index (χ4n) is 0. The van der Waals surface area contributed by atoms with E-state index in [1.165, 1.54) is 13.8 Å². The predicted molar refractivity (Wildman–Crippen MR) is 64.7 cm³/mol. The number of rotatable bonds is 0. The Balaban J connectivity index is -0.0000000322. The molecule has 0 heterocycles. The summed E-state index contributed by atoms with van der Waals surface area (Å²) in [5.74, 6) is 0.333. The summed E-state index contributed by atoms with van der Waals surface area (Å²) >= 11 is 0.750. The zero-order valence-electron chi connectivity index (χ0n) is 10.6. The Hall–Kier alpha value is -0.926. The SMILES string of the molecule is C=C(C)O.C=C(C)O.C=[C-]C.C=[C-]C.[O]=[Ti+2]. The monoisotopic (exact) mass is 262 g/mol. The molecule has 0 fully saturated rings. The van der Waals surface area contributed by atoms with Crippen molar-refractivity contribution in [2.45, 2.75) is 27.7 Å². The Morgan fingerprint density at radius 1 is 0.938 bits per heavy atom. The molecule has 0 aliphatic rings. The molecule has 0 bridgehead atoms. The van der Waals surface area contributed by atoms with Crippen LogP contribution < -0.4 is 0 Å². The van der Waals surface area contributed by atoms with Gasteiger partial charge in [-0.15, -0.1) is 0 Å². The van der Waals surface area contributed by atoms with E-state index in [0.717, 1.165) is 20.4 Å². The van der Waals surface area contributed by atoms with Crippen LogP contribution >= 0.6 is 0 Å². The van der Waals surface area contributed by atoms with Gasteiger partial charge in [-0.05, 0) is 13.8 Å². The molecule has 0 aromatic carbocycles. The van der Waals surface area contributed by atoms with Crippen molar-refractivity contribution in [3.05, 3.63) is 50.0 Å². The van der Waals surface area contributed by atoms with Crippen molar-refractivity contribution in [2.75, 3.05) is 0 Å². The molecule has 16 heavy (non-hydrogen) atoms. The number of hydrogen-bond acceptors (Lipinski definition) is 3. The average molecular weight is 262 g/mol. The van der Waals surface area contributed by atoms with Gasteiger partial charge in [-0.25, -0.2) is 0 Å². The maximum atomic E-state index is 8.25. The Bertz CT molecular complexity index is 140. The van der Waals surface area contributed by atoms with Gasteiger partial charge >= 0.3 is 23.7 Å². The molecule has 0 radical (unpaired) electrons. The summed E-state index contributed by atoms with van der Waals surface area (Å²) in [6.07, 6.45) is 5.00. The molecule has 3 nitrogen and oxygen atoms in total. The second kappa shape index (κ2) is 48.1. The van der Waals surface area contributed by atoms with E-state index < -0.39 is 0 Å². The van der Waals surface area contributed by atoms with E-state index in [1.807, 2.05) is 0 Å². The quantitative estimate of drug-likeness (QED) is 0.393. The summed E-state index contributed by atoms with van der Waals surface area (Å²) < 4.78 is 8.25. The van der Waals surface area contributed by atoms with Gasteiger partial charge in [0.1, 0.15) is 0 Å². The van der Waals surface area contributed by atoms with Crippen molar-refractivity contribution < 1.29 is 33.9 Å². The molecule has 0 unspecified atom stereocenters. The summed E-state index contributed by atoms with van der Waals surface area (Å²) in [4.78, 5) is 0. The van der Waals surface area contributed by atoms with Crippen LogP contribution in [0.15, 0.2) is 37.8 Å². The molecule has 0 amide bonds. The van der Waals surface area contributed by atoms with Crippen LogP contribution in [-0.4, -0.2) is 10.2 Å². The summed E-state index contributed by atoms with van der Waals surface area (Å²) in [6.45, 7) is 19.3. The van der Waals surface area contributed by atoms with E-state index in [2.05, 4.69) is 38.5 Å². The van der Waals surface area contributed by atoms with E-state index in [0.29, 0.717) is 0 Å². The number of allylic oxidation sites excluding steroid dienone is 4. The van der Waals surface area contributed by atoms with E-state index in [-0.39, 0.29) is 11.5 Å². The molecule has 0 saturated heterocycles. The number of aliphatic hydroxyl groups excluding tert-OH is 2. The summed E-state index contributed by atoms with van der Waals surface area (Å²) in [5.41, 5.74) is 0. The molecule has 4 heteroatoms. The third-order valence-electron chi connectivity index (χ3n) is 0. The van der Waals surface area contributed by atoms with E-state index >= 15 is 0 Å². The van der Waals surface area contributed by atoms with Crippen molar-refractivity contribution in [3.63, 3.8) is 0 Å². The number of hydrogen-bond donors (Lipinski definition) is 2. The Morgan fingerprint density at radius 3 is 0.938 bits per heavy atom. The topological polar surface area (TPSA) is 57.5 Å². The molecule has 92 valence electrons. The van der Waals surface area contributed by atoms with Crippen LogP contribution in [0.4, 0.5) is 0 Å². The van der Waals surface area contributed by atoms with Gasteiger partial charge in [-0.2, -0.15) is 13.8 Å². The molecule has 0 aliphatic carbocycles. The van der Waals surface area contributed by atoms with Crippen molar-refractivity contribution in [1.29, 1.82) is 0 Å². The third-order valence-corrected chi connectivity index (χ3v) is 0.